The van der Waals surface area contributed by atoms with Crippen molar-refractivity contribution < 1.29 is 119 Å². The molecule has 27 heteroatoms. The second-order valence-electron chi connectivity index (χ2n) is 15.9. The SMILES string of the molecule is CC(=O)N[C@H]1[C@H](O[C@@H]2[C@@H](CO[C@@H]3O[C@@H](C)[C@@H](O)[C@@H](O)[C@@H]3O)O[C@@H]3N[C@@]3(NC(C)=O)[C@H]2O)O[C@H](CO)[C@@H](O[C@@H]2O[C@H](CO[C@H]3O[C@H](CO)[C@@H](O)[C@H](O)[C@@H]3O)[C@@H](O)[C@H](O)[C@@H]2O)[C@@H]1O. The maximum Gasteiger partial charge on any atom is 0.218 e. The van der Waals surface area contributed by atoms with E-state index in [9.17, 15) is 76.0 Å². The van der Waals surface area contributed by atoms with Crippen LogP contribution < -0.4 is 16.0 Å². The van der Waals surface area contributed by atoms with Crippen molar-refractivity contribution in [2.75, 3.05) is 26.4 Å². The minimum Gasteiger partial charge on any atom is -0.394 e. The van der Waals surface area contributed by atoms with E-state index in [-0.39, 0.29) is 0 Å². The zero-order chi connectivity index (χ0) is 44.8. The Morgan fingerprint density at radius 3 is 1.66 bits per heavy atom. The van der Waals surface area contributed by atoms with Gasteiger partial charge in [0.2, 0.25) is 11.8 Å². The highest BCUT2D eigenvalue weighted by molar-refractivity contribution is 5.74. The molecule has 6 fully saturated rings. The van der Waals surface area contributed by atoms with Crippen LogP contribution in [0.25, 0.3) is 0 Å². The van der Waals surface area contributed by atoms with Crippen molar-refractivity contribution in [3.05, 3.63) is 0 Å². The van der Waals surface area contributed by atoms with Crippen LogP contribution in [0.3, 0.4) is 0 Å². The summed E-state index contributed by atoms with van der Waals surface area (Å²) >= 11 is 0. The third-order valence-corrected chi connectivity index (χ3v) is 11.5. The quantitative estimate of drug-likeness (QED) is 0.0720. The lowest BCUT2D eigenvalue weighted by Gasteiger charge is -2.49. The van der Waals surface area contributed by atoms with Crippen molar-refractivity contribution in [1.82, 2.24) is 16.0 Å². The average Bonchev–Trinajstić information content (AvgIpc) is 3.93. The number of aliphatic hydroxyl groups is 13. The van der Waals surface area contributed by atoms with Gasteiger partial charge in [-0.3, -0.25) is 14.9 Å². The van der Waals surface area contributed by atoms with Gasteiger partial charge in [-0.15, -0.1) is 0 Å². The van der Waals surface area contributed by atoms with Crippen molar-refractivity contribution in [3.63, 3.8) is 0 Å². The number of carbonyl (C=O) groups is 2. The lowest BCUT2D eigenvalue weighted by molar-refractivity contribution is -0.363. The van der Waals surface area contributed by atoms with Crippen LogP contribution in [0.2, 0.25) is 0 Å². The molecule has 25 atom stereocenters. The van der Waals surface area contributed by atoms with E-state index in [1.54, 1.807) is 0 Å². The van der Waals surface area contributed by atoms with Gasteiger partial charge in [-0.05, 0) is 6.92 Å². The number of hydrogen-bond acceptors (Lipinski definition) is 25. The van der Waals surface area contributed by atoms with E-state index in [1.807, 2.05) is 0 Å². The highest BCUT2D eigenvalue weighted by atomic mass is 16.8. The van der Waals surface area contributed by atoms with E-state index in [1.165, 1.54) is 13.8 Å². The number of ether oxygens (including phenoxy) is 9. The molecule has 0 bridgehead atoms. The summed E-state index contributed by atoms with van der Waals surface area (Å²) in [5, 5.41) is 145. The summed E-state index contributed by atoms with van der Waals surface area (Å²) in [6, 6.07) is -1.62. The van der Waals surface area contributed by atoms with Crippen LogP contribution in [0.15, 0.2) is 0 Å². The number of nitrogens with one attached hydrogen (secondary N) is 3. The highest BCUT2D eigenvalue weighted by Crippen LogP contribution is 2.41. The summed E-state index contributed by atoms with van der Waals surface area (Å²) in [6.07, 6.45) is -37.7. The highest BCUT2D eigenvalue weighted by Gasteiger charge is 2.69. The third-order valence-electron chi connectivity index (χ3n) is 11.5. The maximum absolute atomic E-state index is 12.5. The first kappa shape index (κ1) is 48.5. The molecule has 0 saturated carbocycles. The Balaban J connectivity index is 1.18. The zero-order valence-electron chi connectivity index (χ0n) is 33.0. The molecule has 0 aromatic rings. The Morgan fingerprint density at radius 2 is 1.07 bits per heavy atom. The molecular weight excluding hydrogens is 834 g/mol. The van der Waals surface area contributed by atoms with Gasteiger partial charge in [0.15, 0.2) is 30.8 Å². The van der Waals surface area contributed by atoms with Gasteiger partial charge in [0, 0.05) is 13.8 Å². The monoisotopic (exact) mass is 891 g/mol. The molecule has 6 aliphatic rings. The first-order valence-electron chi connectivity index (χ1n) is 19.6. The average molecular weight is 892 g/mol. The van der Waals surface area contributed by atoms with E-state index in [0.717, 1.165) is 6.92 Å². The van der Waals surface area contributed by atoms with Gasteiger partial charge < -0.3 is 120 Å². The number of rotatable bonds is 14. The van der Waals surface area contributed by atoms with E-state index in [4.69, 9.17) is 42.6 Å². The fourth-order valence-electron chi connectivity index (χ4n) is 7.99. The largest absolute Gasteiger partial charge is 0.394 e. The number of carbonyl (C=O) groups excluding carboxylic acids is 2. The number of fused-ring (bicyclic) bond motifs is 1. The summed E-state index contributed by atoms with van der Waals surface area (Å²) in [5.41, 5.74) is -1.61. The van der Waals surface area contributed by atoms with Crippen LogP contribution in [-0.2, 0) is 52.2 Å². The van der Waals surface area contributed by atoms with Crippen molar-refractivity contribution in [3.8, 4) is 0 Å². The summed E-state index contributed by atoms with van der Waals surface area (Å²) in [5.74, 6) is -1.34. The molecule has 6 saturated heterocycles. The van der Waals surface area contributed by atoms with Crippen LogP contribution >= 0.6 is 0 Å². The summed E-state index contributed by atoms with van der Waals surface area (Å²) in [7, 11) is 0. The van der Waals surface area contributed by atoms with Crippen LogP contribution in [0, 0.1) is 0 Å². The molecule has 6 rings (SSSR count). The van der Waals surface area contributed by atoms with Gasteiger partial charge in [-0.2, -0.15) is 0 Å². The molecule has 0 unspecified atom stereocenters. The first-order chi connectivity index (χ1) is 28.7. The molecular formula is C34H57N3O24. The second kappa shape index (κ2) is 19.6. The molecule has 2 amide bonds. The van der Waals surface area contributed by atoms with Gasteiger partial charge in [0.1, 0.15) is 116 Å². The molecule has 16 N–H and O–H groups in total. The Kier molecular flexibility index (Phi) is 15.6. The van der Waals surface area contributed by atoms with Crippen LogP contribution in [0.1, 0.15) is 20.8 Å². The summed E-state index contributed by atoms with van der Waals surface area (Å²) in [6.45, 7) is 0.716. The van der Waals surface area contributed by atoms with E-state index in [0.29, 0.717) is 0 Å². The lowest BCUT2D eigenvalue weighted by atomic mass is 9.94. The predicted octanol–water partition coefficient (Wildman–Crippen LogP) is -10.7. The fraction of sp³-hybridized carbons (Fsp3) is 0.941. The normalized spacial score (nSPS) is 51.3. The van der Waals surface area contributed by atoms with Crippen LogP contribution in [-0.4, -0.2) is 258 Å². The first-order valence-corrected chi connectivity index (χ1v) is 19.6. The van der Waals surface area contributed by atoms with Crippen molar-refractivity contribution >= 4 is 11.8 Å². The molecule has 6 heterocycles. The van der Waals surface area contributed by atoms with E-state index < -0.39 is 191 Å². The smallest absolute Gasteiger partial charge is 0.218 e. The minimum absolute atomic E-state index is 0.533. The molecule has 61 heavy (non-hydrogen) atoms. The molecule has 0 aliphatic carbocycles. The molecule has 0 radical (unpaired) electrons. The van der Waals surface area contributed by atoms with Gasteiger partial charge in [0.05, 0.1) is 32.5 Å². The molecule has 27 nitrogen and oxygen atoms in total. The Hall–Kier alpha value is -1.98. The van der Waals surface area contributed by atoms with Crippen LogP contribution in [0.5, 0.6) is 0 Å². The summed E-state index contributed by atoms with van der Waals surface area (Å²) < 4.78 is 51.6. The van der Waals surface area contributed by atoms with Crippen molar-refractivity contribution in [1.29, 1.82) is 0 Å². The van der Waals surface area contributed by atoms with Crippen molar-refractivity contribution in [2.45, 2.75) is 174 Å². The maximum atomic E-state index is 12.5. The van der Waals surface area contributed by atoms with Crippen LogP contribution in [0.4, 0.5) is 0 Å². The minimum atomic E-state index is -2.03. The fourth-order valence-corrected chi connectivity index (χ4v) is 7.99. The zero-order valence-corrected chi connectivity index (χ0v) is 33.0. The Morgan fingerprint density at radius 1 is 0.557 bits per heavy atom. The molecule has 0 aromatic carbocycles. The molecule has 0 aromatic heterocycles. The van der Waals surface area contributed by atoms with E-state index in [2.05, 4.69) is 16.0 Å². The lowest BCUT2D eigenvalue weighted by Crippen LogP contribution is -2.69. The van der Waals surface area contributed by atoms with Gasteiger partial charge in [-0.1, -0.05) is 0 Å². The second-order valence-corrected chi connectivity index (χ2v) is 15.9. The van der Waals surface area contributed by atoms with Gasteiger partial charge >= 0.3 is 0 Å². The topological polar surface area (TPSA) is 426 Å². The van der Waals surface area contributed by atoms with Gasteiger partial charge in [-0.25, -0.2) is 0 Å². The number of aliphatic hydroxyl groups excluding tert-OH is 13. The molecule has 6 aliphatic heterocycles. The standard InChI is InChI=1S/C34H57N3O24/c1-8-16(42)20(46)23(49)30(55-8)54-7-14-27(28(52)34(36-10(3)41)33(37-34)59-14)61-29-15(35-9(2)40)19(45)26(12(5-39)57-29)60-32-25(51)22(48)18(44)13(58-32)6-53-31-24(50)21(47)17(43)11(4-38)56-31/h8,11-33,37-39,42-52H,4-7H2,1-3H3,(H,35,40)(H,36,41)/t8-,11+,12+,13+,14+,15+,16+,17+,18+,19+,20+,21-,22-,23-,24-,25-,26+,27+,28-,29-,30+,31-,32-,33-,34-/m0/s1. The predicted molar refractivity (Wildman–Crippen MR) is 188 cm³/mol. The number of hydrogen-bond donors (Lipinski definition) is 16. The van der Waals surface area contributed by atoms with Gasteiger partial charge in [0.25, 0.3) is 0 Å². The Bertz CT molecular complexity index is 1490. The summed E-state index contributed by atoms with van der Waals surface area (Å²) in [4.78, 5) is 24.6. The molecule has 0 spiro atoms. The van der Waals surface area contributed by atoms with Crippen molar-refractivity contribution in [2.24, 2.45) is 0 Å². The van der Waals surface area contributed by atoms with E-state index >= 15 is 0 Å². The molecule has 352 valence electrons. The Labute approximate surface area is 346 Å². The number of amides is 2. The third kappa shape index (κ3) is 9.84.